The van der Waals surface area contributed by atoms with Gasteiger partial charge in [-0.25, -0.2) is 0 Å². The second-order valence-electron chi connectivity index (χ2n) is 9.19. The molecule has 3 heterocycles. The van der Waals surface area contributed by atoms with E-state index in [9.17, 15) is 18.0 Å². The van der Waals surface area contributed by atoms with Crippen molar-refractivity contribution in [2.45, 2.75) is 31.5 Å². The molecule has 1 N–H and O–H groups in total. The molecule has 10 heteroatoms. The fraction of sp³-hybridized carbons (Fsp3) is 0.269. The Morgan fingerprint density at radius 2 is 1.83 bits per heavy atom. The van der Waals surface area contributed by atoms with Crippen molar-refractivity contribution in [3.05, 3.63) is 77.7 Å². The molecule has 184 valence electrons. The summed E-state index contributed by atoms with van der Waals surface area (Å²) < 4.78 is 44.4. The van der Waals surface area contributed by atoms with Gasteiger partial charge in [0.2, 0.25) is 0 Å². The van der Waals surface area contributed by atoms with Gasteiger partial charge in [0.05, 0.1) is 23.3 Å². The second kappa shape index (κ2) is 8.25. The molecule has 5 aromatic rings. The van der Waals surface area contributed by atoms with E-state index in [0.29, 0.717) is 35.9 Å². The summed E-state index contributed by atoms with van der Waals surface area (Å²) in [5.41, 5.74) is 2.83. The number of carbonyl (C=O) groups is 1. The van der Waals surface area contributed by atoms with Crippen molar-refractivity contribution in [1.82, 2.24) is 29.4 Å². The normalized spacial score (nSPS) is 14.1. The number of hydrogen-bond acceptors (Lipinski definition) is 3. The highest BCUT2D eigenvalue weighted by Crippen LogP contribution is 2.38. The van der Waals surface area contributed by atoms with Crippen LogP contribution >= 0.6 is 0 Å². The zero-order valence-electron chi connectivity index (χ0n) is 19.5. The van der Waals surface area contributed by atoms with Gasteiger partial charge in [-0.1, -0.05) is 0 Å². The van der Waals surface area contributed by atoms with Crippen molar-refractivity contribution in [1.29, 1.82) is 0 Å². The number of aromatic nitrogens is 5. The van der Waals surface area contributed by atoms with Crippen LogP contribution in [-0.4, -0.2) is 36.6 Å². The highest BCUT2D eigenvalue weighted by atomic mass is 19.4. The molecule has 0 spiro atoms. The molecule has 0 atom stereocenters. The first-order valence-corrected chi connectivity index (χ1v) is 11.7. The van der Waals surface area contributed by atoms with Crippen LogP contribution in [0, 0.1) is 0 Å². The predicted molar refractivity (Wildman–Crippen MR) is 129 cm³/mol. The summed E-state index contributed by atoms with van der Waals surface area (Å²) in [4.78, 5) is 12.9. The molecule has 0 unspecified atom stereocenters. The van der Waals surface area contributed by atoms with Crippen LogP contribution in [0.5, 0.6) is 0 Å². The van der Waals surface area contributed by atoms with Gasteiger partial charge in [-0.2, -0.15) is 23.4 Å². The fourth-order valence-corrected chi connectivity index (χ4v) is 4.58. The topological polar surface area (TPSA) is 69.7 Å². The fourth-order valence-electron chi connectivity index (χ4n) is 4.58. The van der Waals surface area contributed by atoms with Crippen LogP contribution in [-0.2, 0) is 19.8 Å². The number of rotatable bonds is 6. The summed E-state index contributed by atoms with van der Waals surface area (Å²) in [7, 11) is 1.78. The van der Waals surface area contributed by atoms with Crippen LogP contribution in [0.1, 0.15) is 40.4 Å². The van der Waals surface area contributed by atoms with E-state index in [1.807, 2.05) is 27.7 Å². The van der Waals surface area contributed by atoms with E-state index in [4.69, 9.17) is 0 Å². The van der Waals surface area contributed by atoms with Crippen molar-refractivity contribution in [3.8, 4) is 5.69 Å². The average molecular weight is 493 g/mol. The summed E-state index contributed by atoms with van der Waals surface area (Å²) in [6, 6.07) is 12.3. The molecule has 36 heavy (non-hydrogen) atoms. The molecule has 1 saturated carbocycles. The van der Waals surface area contributed by atoms with Crippen LogP contribution in [0.4, 0.5) is 13.2 Å². The molecule has 0 aliphatic heterocycles. The number of alkyl halides is 3. The molecule has 0 radical (unpaired) electrons. The molecule has 1 aliphatic rings. The number of carbonyl (C=O) groups excluding carboxylic acids is 1. The van der Waals surface area contributed by atoms with Gasteiger partial charge in [-0.3, -0.25) is 18.7 Å². The summed E-state index contributed by atoms with van der Waals surface area (Å²) in [5, 5.41) is 13.6. The minimum atomic E-state index is -4.41. The zero-order valence-corrected chi connectivity index (χ0v) is 19.5. The predicted octanol–water partition coefficient (Wildman–Crippen LogP) is 5.04. The van der Waals surface area contributed by atoms with Gasteiger partial charge in [-0.15, -0.1) is 0 Å². The Bertz CT molecular complexity index is 1590. The number of nitrogens with one attached hydrogen (secondary N) is 1. The first-order chi connectivity index (χ1) is 17.3. The van der Waals surface area contributed by atoms with E-state index in [1.165, 1.54) is 25.0 Å². The molecule has 0 saturated heterocycles. The largest absolute Gasteiger partial charge is 0.416 e. The number of fused-ring (bicyclic) bond motifs is 3. The molecule has 0 bridgehead atoms. The van der Waals surface area contributed by atoms with Gasteiger partial charge in [0, 0.05) is 53.9 Å². The van der Waals surface area contributed by atoms with E-state index >= 15 is 0 Å². The van der Waals surface area contributed by atoms with Crippen molar-refractivity contribution in [3.63, 3.8) is 0 Å². The van der Waals surface area contributed by atoms with Gasteiger partial charge in [-0.05, 0) is 61.4 Å². The quantitative estimate of drug-likeness (QED) is 0.361. The van der Waals surface area contributed by atoms with E-state index in [2.05, 4.69) is 15.5 Å². The zero-order chi connectivity index (χ0) is 25.0. The molecule has 7 nitrogen and oxygen atoms in total. The Kier molecular flexibility index (Phi) is 5.13. The third-order valence-corrected chi connectivity index (χ3v) is 6.55. The first kappa shape index (κ1) is 22.4. The van der Waals surface area contributed by atoms with Crippen molar-refractivity contribution in [2.75, 3.05) is 6.54 Å². The average Bonchev–Trinajstić information content (AvgIpc) is 3.36. The maximum absolute atomic E-state index is 13.0. The van der Waals surface area contributed by atoms with Gasteiger partial charge in [0.1, 0.15) is 0 Å². The Hall–Kier alpha value is -4.08. The minimum absolute atomic E-state index is 0.203. The lowest BCUT2D eigenvalue weighted by Gasteiger charge is -2.10. The smallest absolute Gasteiger partial charge is 0.350 e. The summed E-state index contributed by atoms with van der Waals surface area (Å²) in [5.74, 6) is 0.387. The molecule has 2 aromatic carbocycles. The van der Waals surface area contributed by atoms with Crippen molar-refractivity contribution in [2.24, 2.45) is 7.05 Å². The molecule has 1 fully saturated rings. The summed E-state index contributed by atoms with van der Waals surface area (Å²) >= 11 is 0. The van der Waals surface area contributed by atoms with E-state index in [0.717, 1.165) is 34.1 Å². The van der Waals surface area contributed by atoms with Gasteiger partial charge in [0.15, 0.2) is 5.65 Å². The van der Waals surface area contributed by atoms with Crippen molar-refractivity contribution < 1.29 is 18.0 Å². The van der Waals surface area contributed by atoms with E-state index < -0.39 is 11.7 Å². The van der Waals surface area contributed by atoms with Crippen LogP contribution in [0.3, 0.4) is 0 Å². The lowest BCUT2D eigenvalue weighted by Crippen LogP contribution is -2.27. The van der Waals surface area contributed by atoms with Gasteiger partial charge < -0.3 is 5.32 Å². The number of hydrogen-bond donors (Lipinski definition) is 1. The number of amides is 1. The first-order valence-electron chi connectivity index (χ1n) is 11.7. The molecular formula is C26H23F3N6O. The molecule has 3 aromatic heterocycles. The second-order valence-corrected chi connectivity index (χ2v) is 9.19. The maximum atomic E-state index is 13.0. The van der Waals surface area contributed by atoms with Crippen LogP contribution in [0.15, 0.2) is 60.9 Å². The molecular weight excluding hydrogens is 469 g/mol. The van der Waals surface area contributed by atoms with E-state index in [1.54, 1.807) is 29.9 Å². The summed E-state index contributed by atoms with van der Waals surface area (Å²) in [6.45, 7) is 1.02. The monoisotopic (exact) mass is 492 g/mol. The van der Waals surface area contributed by atoms with E-state index in [-0.39, 0.29) is 5.91 Å². The number of aryl methyl sites for hydroxylation is 1. The Morgan fingerprint density at radius 3 is 2.56 bits per heavy atom. The van der Waals surface area contributed by atoms with Crippen LogP contribution < -0.4 is 5.32 Å². The molecule has 6 rings (SSSR count). The number of benzene rings is 2. The highest BCUT2D eigenvalue weighted by molar-refractivity contribution is 6.10. The SMILES string of the molecule is Cn1cc2c3cc(C(=O)NCCn4ccc(C5CC5)n4)ccc3n(-c3ccc(C(F)(F)F)cc3)c2n1. The summed E-state index contributed by atoms with van der Waals surface area (Å²) in [6.07, 6.45) is 1.77. The lowest BCUT2D eigenvalue weighted by atomic mass is 10.1. The van der Waals surface area contributed by atoms with Crippen molar-refractivity contribution >= 4 is 27.8 Å². The Balaban J connectivity index is 1.27. The number of nitrogens with zero attached hydrogens (tertiary/aromatic N) is 5. The van der Waals surface area contributed by atoms with Gasteiger partial charge in [0.25, 0.3) is 5.91 Å². The Morgan fingerprint density at radius 1 is 1.06 bits per heavy atom. The third kappa shape index (κ3) is 4.02. The maximum Gasteiger partial charge on any atom is 0.416 e. The molecule has 1 aliphatic carbocycles. The minimum Gasteiger partial charge on any atom is -0.350 e. The highest BCUT2D eigenvalue weighted by Gasteiger charge is 2.30. The van der Waals surface area contributed by atoms with Crippen LogP contribution in [0.25, 0.3) is 27.6 Å². The third-order valence-electron chi connectivity index (χ3n) is 6.55. The van der Waals surface area contributed by atoms with Crippen LogP contribution in [0.2, 0.25) is 0 Å². The standard InChI is InChI=1S/C26H23F3N6O/c1-33-15-21-20-14-17(25(36)30-11-13-34-12-10-22(31-34)16-2-3-16)4-9-23(20)35(24(21)32-33)19-7-5-18(6-8-19)26(27,28)29/h4-10,12,14-16H,2-3,11,13H2,1H3,(H,30,36). The molecule has 1 amide bonds. The lowest BCUT2D eigenvalue weighted by molar-refractivity contribution is -0.137. The Labute approximate surface area is 204 Å². The van der Waals surface area contributed by atoms with Gasteiger partial charge >= 0.3 is 6.18 Å². The number of halogens is 3.